The molecule has 150 valence electrons. The Morgan fingerprint density at radius 2 is 1.79 bits per heavy atom. The van der Waals surface area contributed by atoms with Gasteiger partial charge in [0.2, 0.25) is 0 Å². The van der Waals surface area contributed by atoms with Crippen LogP contribution < -0.4 is 14.9 Å². The number of phenols is 2. The maximum absolute atomic E-state index is 12.8. The highest BCUT2D eigenvalue weighted by Crippen LogP contribution is 2.43. The largest absolute Gasteiger partial charge is 0.507 e. The summed E-state index contributed by atoms with van der Waals surface area (Å²) in [6.07, 6.45) is 3.76. The Morgan fingerprint density at radius 3 is 2.48 bits per heavy atom. The normalized spacial score (nSPS) is 14.5. The summed E-state index contributed by atoms with van der Waals surface area (Å²) in [5.41, 5.74) is 1.65. The molecule has 6 heteroatoms. The van der Waals surface area contributed by atoms with E-state index in [2.05, 4.69) is 0 Å². The van der Waals surface area contributed by atoms with E-state index in [-0.39, 0.29) is 33.7 Å². The Labute approximate surface area is 167 Å². The van der Waals surface area contributed by atoms with Crippen molar-refractivity contribution < 1.29 is 24.1 Å². The topological polar surface area (TPSA) is 89.1 Å². The van der Waals surface area contributed by atoms with Crippen molar-refractivity contribution in [2.45, 2.75) is 33.3 Å². The summed E-state index contributed by atoms with van der Waals surface area (Å²) in [6, 6.07) is 4.59. The maximum atomic E-state index is 12.8. The van der Waals surface area contributed by atoms with Crippen molar-refractivity contribution in [2.75, 3.05) is 7.11 Å². The molecule has 1 aliphatic heterocycles. The lowest BCUT2D eigenvalue weighted by Gasteiger charge is -2.28. The highest BCUT2D eigenvalue weighted by Gasteiger charge is 2.26. The molecular formula is C23H22O6. The van der Waals surface area contributed by atoms with E-state index in [4.69, 9.17) is 13.9 Å². The first-order valence-electron chi connectivity index (χ1n) is 9.22. The Hall–Kier alpha value is -3.41. The van der Waals surface area contributed by atoms with E-state index < -0.39 is 5.60 Å². The van der Waals surface area contributed by atoms with Gasteiger partial charge in [0.15, 0.2) is 16.9 Å². The fourth-order valence-corrected chi connectivity index (χ4v) is 3.71. The van der Waals surface area contributed by atoms with Crippen LogP contribution in [0.3, 0.4) is 0 Å². The predicted molar refractivity (Wildman–Crippen MR) is 111 cm³/mol. The molecule has 0 atom stereocenters. The first-order chi connectivity index (χ1) is 13.6. The van der Waals surface area contributed by atoms with Gasteiger partial charge < -0.3 is 24.1 Å². The van der Waals surface area contributed by atoms with Gasteiger partial charge >= 0.3 is 0 Å². The summed E-state index contributed by atoms with van der Waals surface area (Å²) < 4.78 is 17.2. The van der Waals surface area contributed by atoms with E-state index in [0.717, 1.165) is 0 Å². The summed E-state index contributed by atoms with van der Waals surface area (Å²) in [5.74, 6) is 0.915. The molecule has 0 saturated heterocycles. The van der Waals surface area contributed by atoms with Crippen molar-refractivity contribution in [2.24, 2.45) is 0 Å². The molecule has 1 aromatic heterocycles. The molecule has 2 aromatic carbocycles. The first-order valence-corrected chi connectivity index (χ1v) is 9.22. The van der Waals surface area contributed by atoms with Gasteiger partial charge in [0, 0.05) is 28.3 Å². The highest BCUT2D eigenvalue weighted by atomic mass is 16.5. The van der Waals surface area contributed by atoms with Crippen molar-refractivity contribution in [3.05, 3.63) is 51.2 Å². The van der Waals surface area contributed by atoms with Crippen LogP contribution in [0.15, 0.2) is 33.5 Å². The van der Waals surface area contributed by atoms with Gasteiger partial charge in [-0.15, -0.1) is 0 Å². The molecule has 0 spiro atoms. The maximum Gasteiger partial charge on any atom is 0.197 e. The molecule has 0 unspecified atom stereocenters. The van der Waals surface area contributed by atoms with Crippen molar-refractivity contribution >= 4 is 17.0 Å². The molecule has 3 aromatic rings. The summed E-state index contributed by atoms with van der Waals surface area (Å²) in [5, 5.41) is 21.1. The van der Waals surface area contributed by atoms with Gasteiger partial charge in [-0.2, -0.15) is 0 Å². The molecule has 29 heavy (non-hydrogen) atoms. The van der Waals surface area contributed by atoms with Gasteiger partial charge in [-0.3, -0.25) is 4.79 Å². The number of benzene rings is 2. The number of fused-ring (bicyclic) bond motifs is 2. The third kappa shape index (κ3) is 2.92. The fraction of sp³-hybridized carbons (Fsp3) is 0.261. The van der Waals surface area contributed by atoms with Crippen LogP contribution >= 0.6 is 0 Å². The van der Waals surface area contributed by atoms with E-state index in [9.17, 15) is 15.0 Å². The Balaban J connectivity index is 1.97. The Bertz CT molecular complexity index is 1250. The van der Waals surface area contributed by atoms with Crippen LogP contribution in [0.2, 0.25) is 0 Å². The standard InChI is InChI=1S/C23H22O6/c1-11-19(26)18-15(24)10-17(28-21(18)12(2)20(11)27-5)14-8-13-6-7-23(3,4)29-22(13)16(25)9-14/h6-10,25-26H,1-5H3. The van der Waals surface area contributed by atoms with Crippen molar-refractivity contribution in [1.82, 2.24) is 0 Å². The average molecular weight is 394 g/mol. The summed E-state index contributed by atoms with van der Waals surface area (Å²) in [6.45, 7) is 7.24. The van der Waals surface area contributed by atoms with E-state index in [0.29, 0.717) is 33.8 Å². The minimum atomic E-state index is -0.523. The van der Waals surface area contributed by atoms with Gasteiger partial charge in [-0.05, 0) is 45.9 Å². The average Bonchev–Trinajstić information content (AvgIpc) is 2.66. The molecule has 0 radical (unpaired) electrons. The Kier molecular flexibility index (Phi) is 4.12. The van der Waals surface area contributed by atoms with Crippen molar-refractivity contribution in [3.8, 4) is 34.3 Å². The lowest BCUT2D eigenvalue weighted by atomic mass is 9.99. The minimum absolute atomic E-state index is 0.0428. The number of rotatable bonds is 2. The zero-order valence-electron chi connectivity index (χ0n) is 16.9. The zero-order valence-corrected chi connectivity index (χ0v) is 16.9. The van der Waals surface area contributed by atoms with Crippen LogP contribution in [0.25, 0.3) is 28.4 Å². The summed E-state index contributed by atoms with van der Waals surface area (Å²) in [4.78, 5) is 12.8. The molecule has 0 amide bonds. The van der Waals surface area contributed by atoms with Gasteiger partial charge in [0.25, 0.3) is 0 Å². The van der Waals surface area contributed by atoms with E-state index in [1.165, 1.54) is 19.2 Å². The van der Waals surface area contributed by atoms with Gasteiger partial charge in [0.1, 0.15) is 33.8 Å². The molecule has 0 aliphatic carbocycles. The first kappa shape index (κ1) is 18.9. The van der Waals surface area contributed by atoms with Crippen LogP contribution in [0.5, 0.6) is 23.0 Å². The van der Waals surface area contributed by atoms with Gasteiger partial charge in [-0.25, -0.2) is 0 Å². The van der Waals surface area contributed by atoms with E-state index >= 15 is 0 Å². The highest BCUT2D eigenvalue weighted by molar-refractivity contribution is 5.91. The number of methoxy groups -OCH3 is 1. The van der Waals surface area contributed by atoms with E-state index in [1.807, 2.05) is 26.0 Å². The van der Waals surface area contributed by atoms with Gasteiger partial charge in [-0.1, -0.05) is 6.08 Å². The van der Waals surface area contributed by atoms with Crippen LogP contribution in [0, 0.1) is 13.8 Å². The second kappa shape index (κ2) is 6.30. The summed E-state index contributed by atoms with van der Waals surface area (Å²) in [7, 11) is 1.50. The molecule has 2 N–H and O–H groups in total. The zero-order chi connectivity index (χ0) is 21.1. The summed E-state index contributed by atoms with van der Waals surface area (Å²) >= 11 is 0. The second-order valence-electron chi connectivity index (χ2n) is 7.76. The number of aromatic hydroxyl groups is 2. The molecule has 0 saturated carbocycles. The van der Waals surface area contributed by atoms with Crippen LogP contribution in [-0.2, 0) is 0 Å². The quantitative estimate of drug-likeness (QED) is 0.656. The molecule has 0 fully saturated rings. The molecule has 4 rings (SSSR count). The van der Waals surface area contributed by atoms with Crippen molar-refractivity contribution in [3.63, 3.8) is 0 Å². The SMILES string of the molecule is COc1c(C)c(O)c2c(=O)cc(-c3cc(O)c4c(c3)C=CC(C)(C)O4)oc2c1C. The molecular weight excluding hydrogens is 372 g/mol. The third-order valence-corrected chi connectivity index (χ3v) is 5.18. The van der Waals surface area contributed by atoms with E-state index in [1.54, 1.807) is 19.9 Å². The van der Waals surface area contributed by atoms with Crippen LogP contribution in [0.4, 0.5) is 0 Å². The van der Waals surface area contributed by atoms with Gasteiger partial charge in [0.05, 0.1) is 7.11 Å². The predicted octanol–water partition coefficient (Wildman–Crippen LogP) is 4.68. The number of hydrogen-bond acceptors (Lipinski definition) is 6. The molecule has 0 bridgehead atoms. The Morgan fingerprint density at radius 1 is 1.07 bits per heavy atom. The number of phenolic OH excluding ortho intramolecular Hbond substituents is 2. The lowest BCUT2D eigenvalue weighted by Crippen LogP contribution is -2.27. The minimum Gasteiger partial charge on any atom is -0.507 e. The number of hydrogen-bond donors (Lipinski definition) is 2. The van der Waals surface area contributed by atoms with Crippen LogP contribution in [0.1, 0.15) is 30.5 Å². The monoisotopic (exact) mass is 394 g/mol. The number of ether oxygens (including phenoxy) is 2. The smallest absolute Gasteiger partial charge is 0.197 e. The fourth-order valence-electron chi connectivity index (χ4n) is 3.71. The number of aryl methyl sites for hydroxylation is 1. The molecule has 2 heterocycles. The van der Waals surface area contributed by atoms with Crippen LogP contribution in [-0.4, -0.2) is 22.9 Å². The van der Waals surface area contributed by atoms with Crippen molar-refractivity contribution in [1.29, 1.82) is 0 Å². The lowest BCUT2D eigenvalue weighted by molar-refractivity contribution is 0.153. The third-order valence-electron chi connectivity index (χ3n) is 5.18. The molecule has 6 nitrogen and oxygen atoms in total. The second-order valence-corrected chi connectivity index (χ2v) is 7.76. The molecule has 1 aliphatic rings.